The zero-order chi connectivity index (χ0) is 11.4. The molecular formula is C15H23N. The second kappa shape index (κ2) is 5.49. The Balaban J connectivity index is 1.87. The maximum atomic E-state index is 3.74. The third-order valence-electron chi connectivity index (χ3n) is 3.61. The maximum Gasteiger partial charge on any atom is 0.0210 e. The van der Waals surface area contributed by atoms with E-state index < -0.39 is 0 Å². The average molecular weight is 217 g/mol. The third kappa shape index (κ3) is 3.08. The molecule has 1 nitrogen and oxygen atoms in total. The van der Waals surface area contributed by atoms with Crippen LogP contribution in [0.4, 0.5) is 0 Å². The Labute approximate surface area is 99.3 Å². The molecule has 1 saturated carbocycles. The van der Waals surface area contributed by atoms with Crippen LogP contribution in [0.3, 0.4) is 0 Å². The Morgan fingerprint density at radius 3 is 2.69 bits per heavy atom. The Kier molecular flexibility index (Phi) is 4.00. The summed E-state index contributed by atoms with van der Waals surface area (Å²) in [5.74, 6) is 0.962. The molecular weight excluding hydrogens is 194 g/mol. The molecule has 2 rings (SSSR count). The monoisotopic (exact) mass is 217 g/mol. The highest BCUT2D eigenvalue weighted by Gasteiger charge is 2.29. The van der Waals surface area contributed by atoms with Gasteiger partial charge in [0.2, 0.25) is 0 Å². The van der Waals surface area contributed by atoms with E-state index >= 15 is 0 Å². The average Bonchev–Trinajstić information content (AvgIpc) is 3.10. The van der Waals surface area contributed by atoms with Crippen LogP contribution in [0.2, 0.25) is 0 Å². The van der Waals surface area contributed by atoms with Crippen LogP contribution in [0.15, 0.2) is 24.3 Å². The van der Waals surface area contributed by atoms with Gasteiger partial charge in [0, 0.05) is 12.6 Å². The van der Waals surface area contributed by atoms with Crippen molar-refractivity contribution in [3.63, 3.8) is 0 Å². The summed E-state index contributed by atoms with van der Waals surface area (Å²) in [6.07, 6.45) is 5.50. The van der Waals surface area contributed by atoms with Crippen molar-refractivity contribution in [3.05, 3.63) is 35.4 Å². The Morgan fingerprint density at radius 2 is 2.06 bits per heavy atom. The second-order valence-corrected chi connectivity index (χ2v) is 5.04. The Morgan fingerprint density at radius 1 is 1.31 bits per heavy atom. The van der Waals surface area contributed by atoms with Crippen molar-refractivity contribution in [1.29, 1.82) is 0 Å². The fourth-order valence-corrected chi connectivity index (χ4v) is 2.36. The number of rotatable bonds is 6. The zero-order valence-corrected chi connectivity index (χ0v) is 10.5. The SMILES string of the molecule is CCCC(NCc1ccccc1C)C1CC1. The number of nitrogens with one attached hydrogen (secondary N) is 1. The topological polar surface area (TPSA) is 12.0 Å². The minimum absolute atomic E-state index is 0.754. The van der Waals surface area contributed by atoms with E-state index in [1.807, 2.05) is 0 Å². The standard InChI is InChI=1S/C15H23N/c1-3-6-15(13-9-10-13)16-11-14-8-5-4-7-12(14)2/h4-5,7-8,13,15-16H,3,6,9-11H2,1-2H3. The van der Waals surface area contributed by atoms with E-state index in [9.17, 15) is 0 Å². The van der Waals surface area contributed by atoms with E-state index in [1.165, 1.54) is 36.8 Å². The van der Waals surface area contributed by atoms with Gasteiger partial charge in [0.15, 0.2) is 0 Å². The van der Waals surface area contributed by atoms with Gasteiger partial charge in [-0.15, -0.1) is 0 Å². The molecule has 16 heavy (non-hydrogen) atoms. The molecule has 1 N–H and O–H groups in total. The molecule has 1 fully saturated rings. The van der Waals surface area contributed by atoms with E-state index in [1.54, 1.807) is 0 Å². The first-order valence-corrected chi connectivity index (χ1v) is 6.59. The van der Waals surface area contributed by atoms with Crippen LogP contribution in [-0.4, -0.2) is 6.04 Å². The van der Waals surface area contributed by atoms with Gasteiger partial charge in [-0.1, -0.05) is 37.6 Å². The van der Waals surface area contributed by atoms with Crippen molar-refractivity contribution >= 4 is 0 Å². The summed E-state index contributed by atoms with van der Waals surface area (Å²) >= 11 is 0. The highest BCUT2D eigenvalue weighted by Crippen LogP contribution is 2.34. The molecule has 1 unspecified atom stereocenters. The molecule has 1 aromatic carbocycles. The van der Waals surface area contributed by atoms with Gasteiger partial charge in [0.1, 0.15) is 0 Å². The molecule has 1 aliphatic carbocycles. The summed E-state index contributed by atoms with van der Waals surface area (Å²) in [4.78, 5) is 0. The van der Waals surface area contributed by atoms with E-state index in [4.69, 9.17) is 0 Å². The lowest BCUT2D eigenvalue weighted by molar-refractivity contribution is 0.429. The van der Waals surface area contributed by atoms with E-state index in [0.29, 0.717) is 0 Å². The fraction of sp³-hybridized carbons (Fsp3) is 0.600. The molecule has 1 atom stereocenters. The van der Waals surface area contributed by atoms with Crippen LogP contribution in [0.1, 0.15) is 43.7 Å². The highest BCUT2D eigenvalue weighted by molar-refractivity contribution is 5.25. The lowest BCUT2D eigenvalue weighted by Gasteiger charge is -2.18. The number of hydrogen-bond donors (Lipinski definition) is 1. The summed E-state index contributed by atoms with van der Waals surface area (Å²) < 4.78 is 0. The van der Waals surface area contributed by atoms with Crippen molar-refractivity contribution in [2.45, 2.75) is 52.1 Å². The number of hydrogen-bond acceptors (Lipinski definition) is 1. The summed E-state index contributed by atoms with van der Waals surface area (Å²) in [6, 6.07) is 9.44. The molecule has 0 heterocycles. The molecule has 0 aromatic heterocycles. The van der Waals surface area contributed by atoms with Gasteiger partial charge in [-0.05, 0) is 43.2 Å². The van der Waals surface area contributed by atoms with E-state index in [0.717, 1.165) is 18.5 Å². The summed E-state index contributed by atoms with van der Waals surface area (Å²) in [5.41, 5.74) is 2.85. The normalized spacial score (nSPS) is 17.4. The molecule has 0 saturated heterocycles. The number of benzene rings is 1. The smallest absolute Gasteiger partial charge is 0.0210 e. The lowest BCUT2D eigenvalue weighted by Crippen LogP contribution is -2.30. The van der Waals surface area contributed by atoms with Crippen LogP contribution >= 0.6 is 0 Å². The van der Waals surface area contributed by atoms with Crippen molar-refractivity contribution in [2.75, 3.05) is 0 Å². The molecule has 0 bridgehead atoms. The highest BCUT2D eigenvalue weighted by atomic mass is 14.9. The van der Waals surface area contributed by atoms with Gasteiger partial charge in [-0.25, -0.2) is 0 Å². The van der Waals surface area contributed by atoms with Crippen LogP contribution in [0.5, 0.6) is 0 Å². The molecule has 1 heteroatoms. The van der Waals surface area contributed by atoms with E-state index in [-0.39, 0.29) is 0 Å². The first-order valence-electron chi connectivity index (χ1n) is 6.59. The molecule has 0 spiro atoms. The predicted molar refractivity (Wildman–Crippen MR) is 69.4 cm³/mol. The van der Waals surface area contributed by atoms with Gasteiger partial charge in [-0.3, -0.25) is 0 Å². The zero-order valence-electron chi connectivity index (χ0n) is 10.5. The van der Waals surface area contributed by atoms with Crippen LogP contribution in [0.25, 0.3) is 0 Å². The van der Waals surface area contributed by atoms with Gasteiger partial charge in [-0.2, -0.15) is 0 Å². The van der Waals surface area contributed by atoms with Crippen molar-refractivity contribution in [3.8, 4) is 0 Å². The third-order valence-corrected chi connectivity index (χ3v) is 3.61. The Hall–Kier alpha value is -0.820. The first kappa shape index (κ1) is 11.7. The van der Waals surface area contributed by atoms with E-state index in [2.05, 4.69) is 43.4 Å². The minimum Gasteiger partial charge on any atom is -0.310 e. The molecule has 1 aromatic rings. The number of aryl methyl sites for hydroxylation is 1. The second-order valence-electron chi connectivity index (χ2n) is 5.04. The van der Waals surface area contributed by atoms with Gasteiger partial charge < -0.3 is 5.32 Å². The largest absolute Gasteiger partial charge is 0.310 e. The minimum atomic E-state index is 0.754. The lowest BCUT2D eigenvalue weighted by atomic mass is 10.1. The van der Waals surface area contributed by atoms with Crippen molar-refractivity contribution in [2.24, 2.45) is 5.92 Å². The van der Waals surface area contributed by atoms with Crippen molar-refractivity contribution < 1.29 is 0 Å². The molecule has 0 aliphatic heterocycles. The first-order chi connectivity index (χ1) is 7.81. The molecule has 0 radical (unpaired) electrons. The van der Waals surface area contributed by atoms with Gasteiger partial charge >= 0.3 is 0 Å². The molecule has 1 aliphatic rings. The summed E-state index contributed by atoms with van der Waals surface area (Å²) in [6.45, 7) is 5.52. The molecule has 0 amide bonds. The van der Waals surface area contributed by atoms with Crippen molar-refractivity contribution in [1.82, 2.24) is 5.32 Å². The fourth-order valence-electron chi connectivity index (χ4n) is 2.36. The molecule has 88 valence electrons. The maximum absolute atomic E-state index is 3.74. The summed E-state index contributed by atoms with van der Waals surface area (Å²) in [5, 5.41) is 3.74. The van der Waals surface area contributed by atoms with Crippen LogP contribution in [0, 0.1) is 12.8 Å². The summed E-state index contributed by atoms with van der Waals surface area (Å²) in [7, 11) is 0. The Bertz CT molecular complexity index is 328. The quantitative estimate of drug-likeness (QED) is 0.766. The van der Waals surface area contributed by atoms with Gasteiger partial charge in [0.05, 0.1) is 0 Å². The van der Waals surface area contributed by atoms with Crippen LogP contribution < -0.4 is 5.32 Å². The van der Waals surface area contributed by atoms with Gasteiger partial charge in [0.25, 0.3) is 0 Å². The van der Waals surface area contributed by atoms with Crippen LogP contribution in [-0.2, 0) is 6.54 Å². The predicted octanol–water partition coefficient (Wildman–Crippen LogP) is 3.66.